The average Bonchev–Trinajstić information content (AvgIpc) is 2.03. The molecule has 0 aromatic heterocycles. The van der Waals surface area contributed by atoms with E-state index in [1.807, 2.05) is 6.07 Å². The number of hydrogen-bond donors (Lipinski definition) is 0. The van der Waals surface area contributed by atoms with Crippen molar-refractivity contribution in [1.29, 1.82) is 0 Å². The zero-order valence-electron chi connectivity index (χ0n) is 6.65. The van der Waals surface area contributed by atoms with Gasteiger partial charge in [0.15, 0.2) is 0 Å². The van der Waals surface area contributed by atoms with Crippen LogP contribution in [-0.2, 0) is 0 Å². The Morgan fingerprint density at radius 3 is 2.67 bits per heavy atom. The van der Waals surface area contributed by atoms with Gasteiger partial charge >= 0.3 is 0 Å². The van der Waals surface area contributed by atoms with E-state index in [0.29, 0.717) is 5.92 Å². The fourth-order valence-corrected chi connectivity index (χ4v) is 2.07. The molecule has 0 spiro atoms. The second-order valence-electron chi connectivity index (χ2n) is 2.72. The zero-order chi connectivity index (χ0) is 9.14. The number of alkyl halides is 1. The van der Waals surface area contributed by atoms with Gasteiger partial charge in [-0.15, -0.1) is 0 Å². The summed E-state index contributed by atoms with van der Waals surface area (Å²) >= 11 is 6.72. The molecule has 0 saturated heterocycles. The van der Waals surface area contributed by atoms with Gasteiger partial charge in [-0.05, 0) is 23.6 Å². The zero-order valence-corrected chi connectivity index (χ0v) is 9.82. The van der Waals surface area contributed by atoms with Crippen LogP contribution in [0.25, 0.3) is 0 Å². The first-order valence-corrected chi connectivity index (χ1v) is 5.57. The molecule has 1 unspecified atom stereocenters. The Morgan fingerprint density at radius 1 is 1.50 bits per heavy atom. The van der Waals surface area contributed by atoms with E-state index >= 15 is 0 Å². The monoisotopic (exact) mass is 294 g/mol. The molecule has 0 saturated carbocycles. The van der Waals surface area contributed by atoms with Crippen molar-refractivity contribution < 1.29 is 4.39 Å². The maximum Gasteiger partial charge on any atom is 0.124 e. The maximum absolute atomic E-state index is 12.7. The Kier molecular flexibility index (Phi) is 3.72. The van der Waals surface area contributed by atoms with Crippen LogP contribution in [0, 0.1) is 5.82 Å². The first-order valence-electron chi connectivity index (χ1n) is 3.66. The summed E-state index contributed by atoms with van der Waals surface area (Å²) in [6, 6.07) is 4.79. The van der Waals surface area contributed by atoms with E-state index in [1.165, 1.54) is 12.1 Å². The lowest BCUT2D eigenvalue weighted by atomic mass is 10.0. The molecule has 0 aliphatic carbocycles. The second kappa shape index (κ2) is 4.38. The third-order valence-electron chi connectivity index (χ3n) is 1.72. The van der Waals surface area contributed by atoms with E-state index in [4.69, 9.17) is 0 Å². The first-order chi connectivity index (χ1) is 5.65. The molecule has 0 amide bonds. The minimum atomic E-state index is -0.201. The smallest absolute Gasteiger partial charge is 0.124 e. The third-order valence-corrected chi connectivity index (χ3v) is 3.38. The van der Waals surface area contributed by atoms with Gasteiger partial charge in [-0.3, -0.25) is 0 Å². The Balaban J connectivity index is 3.01. The molecule has 1 aromatic carbocycles. The van der Waals surface area contributed by atoms with Crippen LogP contribution in [0.2, 0.25) is 0 Å². The average molecular weight is 296 g/mol. The number of rotatable bonds is 2. The highest BCUT2D eigenvalue weighted by Gasteiger charge is 2.07. The molecule has 66 valence electrons. The van der Waals surface area contributed by atoms with E-state index in [0.717, 1.165) is 15.4 Å². The van der Waals surface area contributed by atoms with E-state index in [2.05, 4.69) is 38.8 Å². The van der Waals surface area contributed by atoms with Crippen molar-refractivity contribution in [3.8, 4) is 0 Å². The van der Waals surface area contributed by atoms with Gasteiger partial charge in [0.1, 0.15) is 5.82 Å². The molecule has 0 nitrogen and oxygen atoms in total. The van der Waals surface area contributed by atoms with Crippen LogP contribution in [0.5, 0.6) is 0 Å². The Hall–Kier alpha value is 0.110. The predicted molar refractivity (Wildman–Crippen MR) is 56.3 cm³/mol. The first kappa shape index (κ1) is 10.2. The van der Waals surface area contributed by atoms with E-state index in [1.54, 1.807) is 0 Å². The molecular weight excluding hydrogens is 287 g/mol. The summed E-state index contributed by atoms with van der Waals surface area (Å²) in [4.78, 5) is 0. The molecule has 1 aromatic rings. The summed E-state index contributed by atoms with van der Waals surface area (Å²) in [5, 5.41) is 0.886. The highest BCUT2D eigenvalue weighted by molar-refractivity contribution is 9.10. The summed E-state index contributed by atoms with van der Waals surface area (Å²) in [7, 11) is 0. The lowest BCUT2D eigenvalue weighted by Crippen LogP contribution is -1.95. The lowest BCUT2D eigenvalue weighted by molar-refractivity contribution is 0.625. The van der Waals surface area contributed by atoms with Crippen molar-refractivity contribution in [3.05, 3.63) is 34.1 Å². The summed E-state index contributed by atoms with van der Waals surface area (Å²) in [5.74, 6) is 0.201. The molecule has 0 bridgehead atoms. The third kappa shape index (κ3) is 2.30. The standard InChI is InChI=1S/C9H9Br2F/c1-6(5-10)8-3-2-7(12)4-9(8)11/h2-4,6H,5H2,1H3. The van der Waals surface area contributed by atoms with Crippen LogP contribution in [-0.4, -0.2) is 5.33 Å². The fraction of sp³-hybridized carbons (Fsp3) is 0.333. The molecule has 0 heterocycles. The molecule has 12 heavy (non-hydrogen) atoms. The highest BCUT2D eigenvalue weighted by atomic mass is 79.9. The molecule has 0 N–H and O–H groups in total. The molecule has 0 radical (unpaired) electrons. The van der Waals surface area contributed by atoms with Crippen molar-refractivity contribution >= 4 is 31.9 Å². The largest absolute Gasteiger partial charge is 0.207 e. The van der Waals surface area contributed by atoms with E-state index < -0.39 is 0 Å². The Bertz CT molecular complexity index is 273. The van der Waals surface area contributed by atoms with Crippen LogP contribution in [0.4, 0.5) is 4.39 Å². The Labute approximate surface area is 88.4 Å². The van der Waals surface area contributed by atoms with Gasteiger partial charge in [-0.1, -0.05) is 44.8 Å². The van der Waals surface area contributed by atoms with Crippen molar-refractivity contribution in [2.24, 2.45) is 0 Å². The molecule has 0 aliphatic rings. The van der Waals surface area contributed by atoms with Gasteiger partial charge in [-0.2, -0.15) is 0 Å². The van der Waals surface area contributed by atoms with Crippen LogP contribution in [0.1, 0.15) is 18.4 Å². The topological polar surface area (TPSA) is 0 Å². The molecule has 0 aliphatic heterocycles. The maximum atomic E-state index is 12.7. The molecular formula is C9H9Br2F. The number of halogens is 3. The van der Waals surface area contributed by atoms with Gasteiger partial charge in [0.05, 0.1) is 0 Å². The number of benzene rings is 1. The van der Waals surface area contributed by atoms with Crippen molar-refractivity contribution in [3.63, 3.8) is 0 Å². The summed E-state index contributed by atoms with van der Waals surface area (Å²) in [6.45, 7) is 2.09. The predicted octanol–water partition coefficient (Wildman–Crippen LogP) is 4.09. The summed E-state index contributed by atoms with van der Waals surface area (Å²) < 4.78 is 13.5. The van der Waals surface area contributed by atoms with Crippen LogP contribution >= 0.6 is 31.9 Å². The molecule has 1 rings (SSSR count). The van der Waals surface area contributed by atoms with Crippen LogP contribution in [0.15, 0.2) is 22.7 Å². The molecule has 1 atom stereocenters. The summed E-state index contributed by atoms with van der Waals surface area (Å²) in [5.41, 5.74) is 1.13. The minimum absolute atomic E-state index is 0.201. The van der Waals surface area contributed by atoms with E-state index in [-0.39, 0.29) is 5.82 Å². The second-order valence-corrected chi connectivity index (χ2v) is 4.22. The van der Waals surface area contributed by atoms with Gasteiger partial charge in [-0.25, -0.2) is 4.39 Å². The SMILES string of the molecule is CC(CBr)c1ccc(F)cc1Br. The van der Waals surface area contributed by atoms with Gasteiger partial charge < -0.3 is 0 Å². The fourth-order valence-electron chi connectivity index (χ4n) is 0.984. The van der Waals surface area contributed by atoms with Crippen molar-refractivity contribution in [2.75, 3.05) is 5.33 Å². The summed E-state index contributed by atoms with van der Waals surface area (Å²) in [6.07, 6.45) is 0. The van der Waals surface area contributed by atoms with Crippen molar-refractivity contribution in [2.45, 2.75) is 12.8 Å². The number of hydrogen-bond acceptors (Lipinski definition) is 0. The van der Waals surface area contributed by atoms with E-state index in [9.17, 15) is 4.39 Å². The van der Waals surface area contributed by atoms with Gasteiger partial charge in [0, 0.05) is 9.80 Å². The van der Waals surface area contributed by atoms with Crippen LogP contribution in [0.3, 0.4) is 0 Å². The van der Waals surface area contributed by atoms with Gasteiger partial charge in [0.2, 0.25) is 0 Å². The minimum Gasteiger partial charge on any atom is -0.207 e. The Morgan fingerprint density at radius 2 is 2.17 bits per heavy atom. The highest BCUT2D eigenvalue weighted by Crippen LogP contribution is 2.26. The molecule has 0 fully saturated rings. The van der Waals surface area contributed by atoms with Crippen LogP contribution < -0.4 is 0 Å². The quantitative estimate of drug-likeness (QED) is 0.721. The molecule has 3 heteroatoms. The lowest BCUT2D eigenvalue weighted by Gasteiger charge is -2.09. The van der Waals surface area contributed by atoms with Gasteiger partial charge in [0.25, 0.3) is 0 Å². The van der Waals surface area contributed by atoms with Crippen molar-refractivity contribution in [1.82, 2.24) is 0 Å². The normalized spacial score (nSPS) is 13.0.